The average Bonchev–Trinajstić information content (AvgIpc) is 2.15. The van der Waals surface area contributed by atoms with Crippen LogP contribution in [0.4, 0.5) is 4.39 Å². The maximum absolute atomic E-state index is 12.9. The third-order valence-corrected chi connectivity index (χ3v) is 3.69. The van der Waals surface area contributed by atoms with Crippen molar-refractivity contribution >= 4 is 0 Å². The fourth-order valence-electron chi connectivity index (χ4n) is 1.78. The minimum atomic E-state index is -0.821. The number of hydrogen-bond donors (Lipinski definition) is 1. The zero-order chi connectivity index (χ0) is 12.0. The number of aliphatic hydroxyl groups excluding tert-OH is 1. The molecule has 0 amide bonds. The molecule has 0 rings (SSSR count). The van der Waals surface area contributed by atoms with E-state index in [0.717, 1.165) is 12.8 Å². The molecular weight excluding hydrogens is 191 g/mol. The number of aliphatic hydroxyl groups is 1. The van der Waals surface area contributed by atoms with Crippen LogP contribution in [0, 0.1) is 17.8 Å². The van der Waals surface area contributed by atoms with E-state index >= 15 is 0 Å². The summed E-state index contributed by atoms with van der Waals surface area (Å²) in [6.07, 6.45) is 1.36. The van der Waals surface area contributed by atoms with E-state index in [4.69, 9.17) is 0 Å². The molecule has 1 nitrogen and oxygen atoms in total. The quantitative estimate of drug-likeness (QED) is 0.689. The van der Waals surface area contributed by atoms with Gasteiger partial charge in [-0.2, -0.15) is 0 Å². The zero-order valence-electron chi connectivity index (χ0n) is 10.8. The molecule has 15 heavy (non-hydrogen) atoms. The fourth-order valence-corrected chi connectivity index (χ4v) is 1.78. The number of hydrogen-bond acceptors (Lipinski definition) is 1. The maximum atomic E-state index is 12.9. The van der Waals surface area contributed by atoms with Crippen LogP contribution in [-0.4, -0.2) is 17.4 Å². The Bertz CT molecular complexity index is 159. The summed E-state index contributed by atoms with van der Waals surface area (Å²) in [7, 11) is 0. The van der Waals surface area contributed by atoms with Crippen LogP contribution in [0.1, 0.15) is 53.9 Å². The second-order valence-corrected chi connectivity index (χ2v) is 5.14. The van der Waals surface area contributed by atoms with Gasteiger partial charge in [-0.1, -0.05) is 34.1 Å². The number of alkyl halides is 1. The summed E-state index contributed by atoms with van der Waals surface area (Å²) in [6.45, 7) is 9.97. The molecule has 0 saturated heterocycles. The van der Waals surface area contributed by atoms with E-state index in [0.29, 0.717) is 18.3 Å². The fraction of sp³-hybridized carbons (Fsp3) is 1.00. The molecule has 0 fully saturated rings. The lowest BCUT2D eigenvalue weighted by Crippen LogP contribution is -2.21. The predicted molar refractivity (Wildman–Crippen MR) is 63.6 cm³/mol. The van der Waals surface area contributed by atoms with Gasteiger partial charge in [0.2, 0.25) is 0 Å². The largest absolute Gasteiger partial charge is 0.393 e. The van der Waals surface area contributed by atoms with Crippen LogP contribution in [-0.2, 0) is 0 Å². The van der Waals surface area contributed by atoms with Gasteiger partial charge in [0.1, 0.15) is 0 Å². The van der Waals surface area contributed by atoms with E-state index in [9.17, 15) is 9.50 Å². The van der Waals surface area contributed by atoms with Crippen LogP contribution < -0.4 is 0 Å². The zero-order valence-corrected chi connectivity index (χ0v) is 10.8. The van der Waals surface area contributed by atoms with Crippen LogP contribution in [0.25, 0.3) is 0 Å². The molecule has 0 bridgehead atoms. The monoisotopic (exact) mass is 218 g/mol. The van der Waals surface area contributed by atoms with Crippen molar-refractivity contribution in [2.75, 3.05) is 0 Å². The van der Waals surface area contributed by atoms with Crippen LogP contribution in [0.15, 0.2) is 0 Å². The molecule has 92 valence electrons. The molecule has 0 radical (unpaired) electrons. The maximum Gasteiger partial charge on any atom is 0.0999 e. The van der Waals surface area contributed by atoms with Gasteiger partial charge in [0.15, 0.2) is 0 Å². The Morgan fingerprint density at radius 1 is 0.933 bits per heavy atom. The topological polar surface area (TPSA) is 20.2 Å². The summed E-state index contributed by atoms with van der Waals surface area (Å²) < 4.78 is 12.9. The Morgan fingerprint density at radius 3 is 1.80 bits per heavy atom. The van der Waals surface area contributed by atoms with E-state index in [1.807, 2.05) is 6.92 Å². The van der Waals surface area contributed by atoms with Crippen molar-refractivity contribution in [1.82, 2.24) is 0 Å². The molecule has 0 aliphatic heterocycles. The molecule has 0 aliphatic carbocycles. The van der Waals surface area contributed by atoms with Gasteiger partial charge in [-0.15, -0.1) is 0 Å². The van der Waals surface area contributed by atoms with Gasteiger partial charge in [0.05, 0.1) is 12.3 Å². The summed E-state index contributed by atoms with van der Waals surface area (Å²) in [5.41, 5.74) is 0. The Hall–Kier alpha value is -0.110. The van der Waals surface area contributed by atoms with Crippen LogP contribution in [0.5, 0.6) is 0 Å². The van der Waals surface area contributed by atoms with Crippen molar-refractivity contribution in [3.8, 4) is 0 Å². The molecule has 0 spiro atoms. The summed E-state index contributed by atoms with van der Waals surface area (Å²) >= 11 is 0. The number of halogens is 1. The highest BCUT2D eigenvalue weighted by molar-refractivity contribution is 4.70. The van der Waals surface area contributed by atoms with E-state index in [1.165, 1.54) is 0 Å². The van der Waals surface area contributed by atoms with Crippen LogP contribution in [0.2, 0.25) is 0 Å². The Labute approximate surface area is 94.1 Å². The first-order valence-electron chi connectivity index (χ1n) is 6.20. The highest BCUT2D eigenvalue weighted by atomic mass is 19.1. The molecular formula is C13H27FO. The van der Waals surface area contributed by atoms with Gasteiger partial charge in [0, 0.05) is 0 Å². The highest BCUT2D eigenvalue weighted by Gasteiger charge is 2.19. The van der Waals surface area contributed by atoms with Gasteiger partial charge in [0.25, 0.3) is 0 Å². The molecule has 0 aromatic heterocycles. The lowest BCUT2D eigenvalue weighted by molar-refractivity contribution is 0.0903. The molecule has 1 N–H and O–H groups in total. The second-order valence-electron chi connectivity index (χ2n) is 5.14. The summed E-state index contributed by atoms with van der Waals surface area (Å²) in [5.74, 6) is 1.12. The SMILES string of the molecule is CCC(C)C(C)CC(O)CC(C)C(C)F. The lowest BCUT2D eigenvalue weighted by Gasteiger charge is -2.23. The molecule has 5 atom stereocenters. The Balaban J connectivity index is 3.87. The van der Waals surface area contributed by atoms with Crippen LogP contribution >= 0.6 is 0 Å². The highest BCUT2D eigenvalue weighted by Crippen LogP contribution is 2.23. The van der Waals surface area contributed by atoms with E-state index < -0.39 is 6.17 Å². The van der Waals surface area contributed by atoms with Crippen molar-refractivity contribution in [3.63, 3.8) is 0 Å². The first-order valence-corrected chi connectivity index (χ1v) is 6.20. The summed E-state index contributed by atoms with van der Waals surface area (Å²) in [5, 5.41) is 9.82. The van der Waals surface area contributed by atoms with E-state index in [-0.39, 0.29) is 12.0 Å². The van der Waals surface area contributed by atoms with Gasteiger partial charge >= 0.3 is 0 Å². The van der Waals surface area contributed by atoms with Gasteiger partial charge in [-0.3, -0.25) is 0 Å². The molecule has 0 aliphatic rings. The minimum absolute atomic E-state index is 0.0378. The van der Waals surface area contributed by atoms with Gasteiger partial charge in [-0.25, -0.2) is 4.39 Å². The first-order chi connectivity index (χ1) is 6.88. The Morgan fingerprint density at radius 2 is 1.40 bits per heavy atom. The number of rotatable bonds is 7. The van der Waals surface area contributed by atoms with Crippen molar-refractivity contribution in [1.29, 1.82) is 0 Å². The van der Waals surface area contributed by atoms with Gasteiger partial charge < -0.3 is 5.11 Å². The van der Waals surface area contributed by atoms with E-state index in [1.54, 1.807) is 6.92 Å². The minimum Gasteiger partial charge on any atom is -0.393 e. The molecule has 0 aromatic carbocycles. The summed E-state index contributed by atoms with van der Waals surface area (Å²) in [4.78, 5) is 0. The molecule has 0 heterocycles. The standard InChI is InChI=1S/C13H27FO/c1-6-9(2)10(3)7-13(15)8-11(4)12(5)14/h9-13,15H,6-8H2,1-5H3. The summed E-state index contributed by atoms with van der Waals surface area (Å²) in [6, 6.07) is 0. The van der Waals surface area contributed by atoms with Crippen molar-refractivity contribution in [2.45, 2.75) is 66.2 Å². The van der Waals surface area contributed by atoms with Crippen molar-refractivity contribution in [2.24, 2.45) is 17.8 Å². The smallest absolute Gasteiger partial charge is 0.0999 e. The molecule has 5 unspecified atom stereocenters. The van der Waals surface area contributed by atoms with Gasteiger partial charge in [-0.05, 0) is 37.5 Å². The third kappa shape index (κ3) is 6.14. The Kier molecular flexibility index (Phi) is 7.16. The molecule has 0 saturated carbocycles. The van der Waals surface area contributed by atoms with Crippen molar-refractivity contribution < 1.29 is 9.50 Å². The van der Waals surface area contributed by atoms with E-state index in [2.05, 4.69) is 20.8 Å². The molecule has 0 aromatic rings. The third-order valence-electron chi connectivity index (χ3n) is 3.69. The van der Waals surface area contributed by atoms with Crippen LogP contribution in [0.3, 0.4) is 0 Å². The predicted octanol–water partition coefficient (Wildman–Crippen LogP) is 3.80. The second kappa shape index (κ2) is 7.21. The van der Waals surface area contributed by atoms with Crippen molar-refractivity contribution in [3.05, 3.63) is 0 Å². The molecule has 2 heteroatoms. The average molecular weight is 218 g/mol. The first kappa shape index (κ1) is 14.9. The lowest BCUT2D eigenvalue weighted by atomic mass is 9.86. The normalized spacial score (nSPS) is 21.8.